The molecule has 30 heavy (non-hydrogen) atoms. The van der Waals surface area contributed by atoms with Gasteiger partial charge in [0, 0.05) is 27.0 Å². The van der Waals surface area contributed by atoms with Crippen LogP contribution in [0.3, 0.4) is 0 Å². The molecule has 3 aromatic carbocycles. The van der Waals surface area contributed by atoms with Crippen molar-refractivity contribution in [3.8, 4) is 5.75 Å². The maximum atomic E-state index is 13.4. The Bertz CT molecular complexity index is 1460. The van der Waals surface area contributed by atoms with Gasteiger partial charge in [0.1, 0.15) is 11.6 Å². The molecule has 2 aromatic heterocycles. The predicted octanol–water partition coefficient (Wildman–Crippen LogP) is 6.24. The standard InChI is InChI=1S/C24H17ClN2O2S/c1-29-16-9-6-14(7-10-16)13-26-24-23-21(17-4-2-3-5-19(17)27-24)22(28)18-12-15(25)8-11-20(18)30-23/h2-12H,13H2,1H3,(H,26,27). The Kier molecular flexibility index (Phi) is 4.77. The van der Waals surface area contributed by atoms with Gasteiger partial charge in [-0.1, -0.05) is 41.9 Å². The predicted molar refractivity (Wildman–Crippen MR) is 126 cm³/mol. The average Bonchev–Trinajstić information content (AvgIpc) is 2.78. The van der Waals surface area contributed by atoms with Crippen LogP contribution in [0.5, 0.6) is 5.75 Å². The zero-order chi connectivity index (χ0) is 20.7. The Balaban J connectivity index is 1.70. The van der Waals surface area contributed by atoms with Gasteiger partial charge in [0.05, 0.1) is 22.7 Å². The molecular weight excluding hydrogens is 416 g/mol. The monoisotopic (exact) mass is 432 g/mol. The van der Waals surface area contributed by atoms with E-state index in [-0.39, 0.29) is 5.43 Å². The number of fused-ring (bicyclic) bond motifs is 4. The summed E-state index contributed by atoms with van der Waals surface area (Å²) in [7, 11) is 1.65. The first-order valence-electron chi connectivity index (χ1n) is 9.45. The quantitative estimate of drug-likeness (QED) is 0.270. The Hall–Kier alpha value is -3.15. The van der Waals surface area contributed by atoms with Crippen LogP contribution in [0.4, 0.5) is 5.82 Å². The van der Waals surface area contributed by atoms with Crippen molar-refractivity contribution >= 4 is 59.8 Å². The molecule has 0 aliphatic rings. The fourth-order valence-corrected chi connectivity index (χ4v) is 4.89. The van der Waals surface area contributed by atoms with Crippen LogP contribution < -0.4 is 15.5 Å². The topological polar surface area (TPSA) is 51.2 Å². The number of ether oxygens (including phenoxy) is 1. The summed E-state index contributed by atoms with van der Waals surface area (Å²) in [4.78, 5) is 18.3. The van der Waals surface area contributed by atoms with Gasteiger partial charge in [-0.15, -0.1) is 11.3 Å². The minimum Gasteiger partial charge on any atom is -0.497 e. The van der Waals surface area contributed by atoms with Gasteiger partial charge in [0.2, 0.25) is 0 Å². The normalized spacial score (nSPS) is 11.3. The van der Waals surface area contributed by atoms with Gasteiger partial charge in [0.25, 0.3) is 0 Å². The van der Waals surface area contributed by atoms with Crippen molar-refractivity contribution in [3.05, 3.63) is 87.5 Å². The fourth-order valence-electron chi connectivity index (χ4n) is 3.58. The number of nitrogens with one attached hydrogen (secondary N) is 1. The molecule has 0 amide bonds. The molecule has 0 saturated heterocycles. The van der Waals surface area contributed by atoms with Crippen molar-refractivity contribution in [2.45, 2.75) is 6.54 Å². The number of pyridine rings is 1. The minimum atomic E-state index is -0.0210. The molecule has 0 bridgehead atoms. The zero-order valence-corrected chi connectivity index (χ0v) is 17.7. The highest BCUT2D eigenvalue weighted by atomic mass is 35.5. The largest absolute Gasteiger partial charge is 0.497 e. The summed E-state index contributed by atoms with van der Waals surface area (Å²) >= 11 is 7.72. The summed E-state index contributed by atoms with van der Waals surface area (Å²) < 4.78 is 6.96. The van der Waals surface area contributed by atoms with Gasteiger partial charge in [0.15, 0.2) is 5.43 Å². The molecule has 5 aromatic rings. The fraction of sp³-hybridized carbons (Fsp3) is 0.0833. The van der Waals surface area contributed by atoms with E-state index in [0.717, 1.165) is 31.6 Å². The summed E-state index contributed by atoms with van der Waals surface area (Å²) in [5.41, 5.74) is 1.86. The smallest absolute Gasteiger partial charge is 0.196 e. The maximum Gasteiger partial charge on any atom is 0.196 e. The van der Waals surface area contributed by atoms with Crippen molar-refractivity contribution in [2.75, 3.05) is 12.4 Å². The first kappa shape index (κ1) is 18.9. The minimum absolute atomic E-state index is 0.0210. The van der Waals surface area contributed by atoms with Gasteiger partial charge >= 0.3 is 0 Å². The second-order valence-electron chi connectivity index (χ2n) is 6.95. The van der Waals surface area contributed by atoms with Gasteiger partial charge < -0.3 is 10.1 Å². The lowest BCUT2D eigenvalue weighted by Crippen LogP contribution is -2.07. The van der Waals surface area contributed by atoms with E-state index in [9.17, 15) is 4.79 Å². The van der Waals surface area contributed by atoms with E-state index in [0.29, 0.717) is 28.2 Å². The highest BCUT2D eigenvalue weighted by Gasteiger charge is 2.15. The van der Waals surface area contributed by atoms with Crippen molar-refractivity contribution in [2.24, 2.45) is 0 Å². The van der Waals surface area contributed by atoms with E-state index in [1.165, 1.54) is 0 Å². The number of anilines is 1. The molecule has 4 nitrogen and oxygen atoms in total. The Morgan fingerprint density at radius 1 is 1.03 bits per heavy atom. The number of nitrogens with zero attached hydrogens (tertiary/aromatic N) is 1. The Labute approximate surface area is 181 Å². The lowest BCUT2D eigenvalue weighted by molar-refractivity contribution is 0.414. The number of hydrogen-bond acceptors (Lipinski definition) is 5. The first-order chi connectivity index (χ1) is 14.6. The number of halogens is 1. The third-order valence-corrected chi connectivity index (χ3v) is 6.50. The van der Waals surface area contributed by atoms with Crippen molar-refractivity contribution in [1.29, 1.82) is 0 Å². The number of methoxy groups -OCH3 is 1. The van der Waals surface area contributed by atoms with Crippen molar-refractivity contribution in [3.63, 3.8) is 0 Å². The summed E-state index contributed by atoms with van der Waals surface area (Å²) in [6.45, 7) is 0.587. The van der Waals surface area contributed by atoms with Crippen molar-refractivity contribution < 1.29 is 4.74 Å². The van der Waals surface area contributed by atoms with Crippen LogP contribution >= 0.6 is 22.9 Å². The molecule has 0 atom stereocenters. The van der Waals surface area contributed by atoms with Crippen molar-refractivity contribution in [1.82, 2.24) is 4.98 Å². The number of para-hydroxylation sites is 1. The van der Waals surface area contributed by atoms with Gasteiger partial charge in [-0.05, 0) is 42.0 Å². The second kappa shape index (κ2) is 7.59. The van der Waals surface area contributed by atoms with E-state index in [1.807, 2.05) is 60.7 Å². The van der Waals surface area contributed by atoms with Gasteiger partial charge in [-0.25, -0.2) is 4.98 Å². The van der Waals surface area contributed by atoms with Crippen LogP contribution in [0.2, 0.25) is 5.02 Å². The summed E-state index contributed by atoms with van der Waals surface area (Å²) in [5, 5.41) is 6.16. The van der Waals surface area contributed by atoms with Gasteiger partial charge in [-0.2, -0.15) is 0 Å². The molecule has 1 N–H and O–H groups in total. The molecule has 5 rings (SSSR count). The van der Waals surface area contributed by atoms with Crippen LogP contribution in [-0.2, 0) is 6.54 Å². The lowest BCUT2D eigenvalue weighted by atomic mass is 10.1. The molecule has 6 heteroatoms. The van der Waals surface area contributed by atoms with Crippen LogP contribution in [-0.4, -0.2) is 12.1 Å². The van der Waals surface area contributed by atoms with E-state index in [4.69, 9.17) is 21.3 Å². The average molecular weight is 433 g/mol. The molecular formula is C24H17ClN2O2S. The molecule has 148 valence electrons. The molecule has 0 aliphatic heterocycles. The van der Waals surface area contributed by atoms with E-state index in [2.05, 4.69) is 5.32 Å². The van der Waals surface area contributed by atoms with Crippen LogP contribution in [0.1, 0.15) is 5.56 Å². The number of aromatic nitrogens is 1. The SMILES string of the molecule is COc1ccc(CNc2nc3ccccc3c3c(=O)c4cc(Cl)ccc4sc23)cc1. The second-order valence-corrected chi connectivity index (χ2v) is 8.44. The third kappa shape index (κ3) is 3.26. The zero-order valence-electron chi connectivity index (χ0n) is 16.1. The molecule has 0 saturated carbocycles. The highest BCUT2D eigenvalue weighted by Crippen LogP contribution is 2.34. The number of rotatable bonds is 4. The summed E-state index contributed by atoms with van der Waals surface area (Å²) in [6, 6.07) is 21.1. The highest BCUT2D eigenvalue weighted by molar-refractivity contribution is 7.25. The molecule has 0 aliphatic carbocycles. The van der Waals surface area contributed by atoms with E-state index < -0.39 is 0 Å². The molecule has 2 heterocycles. The maximum absolute atomic E-state index is 13.4. The lowest BCUT2D eigenvalue weighted by Gasteiger charge is -2.12. The third-order valence-electron chi connectivity index (χ3n) is 5.09. The van der Waals surface area contributed by atoms with Crippen LogP contribution in [0, 0.1) is 0 Å². The Morgan fingerprint density at radius 3 is 2.63 bits per heavy atom. The molecule has 0 radical (unpaired) electrons. The molecule has 0 fully saturated rings. The molecule has 0 spiro atoms. The van der Waals surface area contributed by atoms with Crippen LogP contribution in [0.15, 0.2) is 71.5 Å². The summed E-state index contributed by atoms with van der Waals surface area (Å²) in [5.74, 6) is 1.52. The number of hydrogen-bond donors (Lipinski definition) is 1. The van der Waals surface area contributed by atoms with E-state index >= 15 is 0 Å². The first-order valence-corrected chi connectivity index (χ1v) is 10.6. The van der Waals surface area contributed by atoms with Crippen LogP contribution in [0.25, 0.3) is 31.1 Å². The number of benzene rings is 3. The van der Waals surface area contributed by atoms with E-state index in [1.54, 1.807) is 24.5 Å². The molecule has 0 unspecified atom stereocenters. The summed E-state index contributed by atoms with van der Waals surface area (Å²) in [6.07, 6.45) is 0. The van der Waals surface area contributed by atoms with Gasteiger partial charge in [-0.3, -0.25) is 4.79 Å². The Morgan fingerprint density at radius 2 is 1.83 bits per heavy atom.